The fourth-order valence-electron chi connectivity index (χ4n) is 1.55. The summed E-state index contributed by atoms with van der Waals surface area (Å²) in [5.74, 6) is 0.723. The summed E-state index contributed by atoms with van der Waals surface area (Å²) in [6.45, 7) is 1.02. The topological polar surface area (TPSA) is 66.0 Å². The molecule has 0 saturated heterocycles. The van der Waals surface area contributed by atoms with Crippen molar-refractivity contribution in [1.82, 2.24) is 14.8 Å². The quantitative estimate of drug-likeness (QED) is 0.824. The molecule has 5 nitrogen and oxygen atoms in total. The van der Waals surface area contributed by atoms with Gasteiger partial charge in [-0.1, -0.05) is 35.4 Å². The van der Waals surface area contributed by atoms with E-state index in [1.807, 2.05) is 34.9 Å². The molecule has 0 fully saturated rings. The van der Waals surface area contributed by atoms with E-state index in [-0.39, 0.29) is 0 Å². The van der Waals surface area contributed by atoms with Gasteiger partial charge in [-0.25, -0.2) is 0 Å². The Kier molecular flexibility index (Phi) is 3.16. The average molecular weight is 218 g/mol. The van der Waals surface area contributed by atoms with Gasteiger partial charge in [0.25, 0.3) is 0 Å². The molecule has 0 aliphatic rings. The van der Waals surface area contributed by atoms with E-state index in [0.717, 1.165) is 11.4 Å². The maximum absolute atomic E-state index is 5.59. The van der Waals surface area contributed by atoms with Crippen LogP contribution in [0.25, 0.3) is 0 Å². The average Bonchev–Trinajstić information content (AvgIpc) is 2.72. The number of methoxy groups -OCH3 is 1. The number of benzene rings is 1. The Morgan fingerprint density at radius 1 is 1.25 bits per heavy atom. The monoisotopic (exact) mass is 218 g/mol. The number of nitrogens with zero attached hydrogens (tertiary/aromatic N) is 3. The Balaban J connectivity index is 2.29. The van der Waals surface area contributed by atoms with Crippen LogP contribution in [0.1, 0.15) is 11.4 Å². The number of hydrogen-bond acceptors (Lipinski definition) is 4. The molecule has 0 radical (unpaired) electrons. The molecule has 0 aliphatic heterocycles. The minimum atomic E-state index is 0.350. The molecule has 0 spiro atoms. The third kappa shape index (κ3) is 2.04. The van der Waals surface area contributed by atoms with Crippen LogP contribution in [-0.2, 0) is 13.1 Å². The SMILES string of the molecule is COc1nnc(CN)n1Cc1ccccc1. The first-order valence-corrected chi connectivity index (χ1v) is 5.05. The highest BCUT2D eigenvalue weighted by atomic mass is 16.5. The van der Waals surface area contributed by atoms with E-state index in [0.29, 0.717) is 19.1 Å². The molecule has 0 amide bonds. The van der Waals surface area contributed by atoms with Crippen molar-refractivity contribution in [2.45, 2.75) is 13.1 Å². The van der Waals surface area contributed by atoms with Crippen LogP contribution >= 0.6 is 0 Å². The molecular weight excluding hydrogens is 204 g/mol. The fourth-order valence-corrected chi connectivity index (χ4v) is 1.55. The van der Waals surface area contributed by atoms with Crippen LogP contribution in [0.2, 0.25) is 0 Å². The van der Waals surface area contributed by atoms with E-state index in [2.05, 4.69) is 10.2 Å². The molecule has 0 saturated carbocycles. The van der Waals surface area contributed by atoms with E-state index in [1.54, 1.807) is 7.11 Å². The Bertz CT molecular complexity index is 431. The predicted molar refractivity (Wildman–Crippen MR) is 60.0 cm³/mol. The summed E-state index contributed by atoms with van der Waals surface area (Å²) in [6.07, 6.45) is 0. The van der Waals surface area contributed by atoms with Gasteiger partial charge in [0.1, 0.15) is 5.82 Å². The predicted octanol–water partition coefficient (Wildman–Crippen LogP) is 0.794. The minimum absolute atomic E-state index is 0.350. The van der Waals surface area contributed by atoms with Crippen molar-refractivity contribution in [1.29, 1.82) is 0 Å². The van der Waals surface area contributed by atoms with E-state index in [1.165, 1.54) is 0 Å². The summed E-state index contributed by atoms with van der Waals surface area (Å²) in [4.78, 5) is 0. The van der Waals surface area contributed by atoms with E-state index < -0.39 is 0 Å². The lowest BCUT2D eigenvalue weighted by Crippen LogP contribution is -2.10. The first-order valence-electron chi connectivity index (χ1n) is 5.05. The lowest BCUT2D eigenvalue weighted by molar-refractivity contribution is 0.358. The first kappa shape index (κ1) is 10.6. The molecule has 0 atom stereocenters. The second-order valence-electron chi connectivity index (χ2n) is 3.38. The number of nitrogens with two attached hydrogens (primary N) is 1. The van der Waals surface area contributed by atoms with Crippen molar-refractivity contribution < 1.29 is 4.74 Å². The normalized spacial score (nSPS) is 10.4. The standard InChI is InChI=1S/C11H14N4O/c1-16-11-14-13-10(7-12)15(11)8-9-5-3-2-4-6-9/h2-6H,7-8,12H2,1H3. The van der Waals surface area contributed by atoms with Gasteiger partial charge in [0.2, 0.25) is 0 Å². The Hall–Kier alpha value is -1.88. The van der Waals surface area contributed by atoms with Crippen molar-refractivity contribution >= 4 is 0 Å². The third-order valence-corrected chi connectivity index (χ3v) is 2.34. The summed E-state index contributed by atoms with van der Waals surface area (Å²) >= 11 is 0. The second kappa shape index (κ2) is 4.76. The lowest BCUT2D eigenvalue weighted by atomic mass is 10.2. The molecule has 2 aromatic rings. The van der Waals surface area contributed by atoms with Crippen LogP contribution in [0.4, 0.5) is 0 Å². The minimum Gasteiger partial charge on any atom is -0.467 e. The molecule has 16 heavy (non-hydrogen) atoms. The van der Waals surface area contributed by atoms with E-state index in [4.69, 9.17) is 10.5 Å². The smallest absolute Gasteiger partial charge is 0.317 e. The highest BCUT2D eigenvalue weighted by molar-refractivity contribution is 5.17. The van der Waals surface area contributed by atoms with Crippen molar-refractivity contribution in [3.8, 4) is 6.01 Å². The molecule has 0 bridgehead atoms. The maximum atomic E-state index is 5.59. The zero-order chi connectivity index (χ0) is 11.4. The van der Waals surface area contributed by atoms with Gasteiger partial charge in [0.15, 0.2) is 0 Å². The van der Waals surface area contributed by atoms with Crippen LogP contribution in [0.3, 0.4) is 0 Å². The van der Waals surface area contributed by atoms with Crippen LogP contribution in [0.5, 0.6) is 6.01 Å². The van der Waals surface area contributed by atoms with Crippen LogP contribution in [0.15, 0.2) is 30.3 Å². The van der Waals surface area contributed by atoms with E-state index >= 15 is 0 Å². The molecule has 0 unspecified atom stereocenters. The van der Waals surface area contributed by atoms with Gasteiger partial charge in [-0.05, 0) is 5.56 Å². The second-order valence-corrected chi connectivity index (χ2v) is 3.38. The number of rotatable bonds is 4. The molecule has 2 N–H and O–H groups in total. The molecule has 0 aliphatic carbocycles. The first-order chi connectivity index (χ1) is 7.85. The third-order valence-electron chi connectivity index (χ3n) is 2.34. The summed E-state index contributed by atoms with van der Waals surface area (Å²) in [5.41, 5.74) is 6.76. The highest BCUT2D eigenvalue weighted by Gasteiger charge is 2.10. The van der Waals surface area contributed by atoms with Crippen molar-refractivity contribution in [3.05, 3.63) is 41.7 Å². The Morgan fingerprint density at radius 3 is 2.62 bits per heavy atom. The van der Waals surface area contributed by atoms with Gasteiger partial charge >= 0.3 is 6.01 Å². The van der Waals surface area contributed by atoms with Crippen molar-refractivity contribution in [3.63, 3.8) is 0 Å². The summed E-state index contributed by atoms with van der Waals surface area (Å²) in [5, 5.41) is 7.88. The molecule has 2 rings (SSSR count). The fraction of sp³-hybridized carbons (Fsp3) is 0.273. The molecule has 1 heterocycles. The van der Waals surface area contributed by atoms with Gasteiger partial charge in [0.05, 0.1) is 20.2 Å². The van der Waals surface area contributed by atoms with Gasteiger partial charge in [-0.2, -0.15) is 0 Å². The summed E-state index contributed by atoms with van der Waals surface area (Å²) in [7, 11) is 1.58. The highest BCUT2D eigenvalue weighted by Crippen LogP contribution is 2.12. The zero-order valence-electron chi connectivity index (χ0n) is 9.13. The van der Waals surface area contributed by atoms with Gasteiger partial charge in [0, 0.05) is 0 Å². The van der Waals surface area contributed by atoms with E-state index in [9.17, 15) is 0 Å². The number of ether oxygens (including phenoxy) is 1. The van der Waals surface area contributed by atoms with Crippen LogP contribution in [-0.4, -0.2) is 21.9 Å². The van der Waals surface area contributed by atoms with Crippen molar-refractivity contribution in [2.24, 2.45) is 5.73 Å². The zero-order valence-corrected chi connectivity index (χ0v) is 9.13. The lowest BCUT2D eigenvalue weighted by Gasteiger charge is -2.07. The van der Waals surface area contributed by atoms with Gasteiger partial charge in [-0.3, -0.25) is 4.57 Å². The van der Waals surface area contributed by atoms with Crippen molar-refractivity contribution in [2.75, 3.05) is 7.11 Å². The summed E-state index contributed by atoms with van der Waals surface area (Å²) in [6, 6.07) is 10.5. The Morgan fingerprint density at radius 2 is 2.00 bits per heavy atom. The molecule has 5 heteroatoms. The number of hydrogen-bond donors (Lipinski definition) is 1. The maximum Gasteiger partial charge on any atom is 0.317 e. The Labute approximate surface area is 93.9 Å². The van der Waals surface area contributed by atoms with Gasteiger partial charge in [-0.15, -0.1) is 5.10 Å². The molecular formula is C11H14N4O. The number of aromatic nitrogens is 3. The van der Waals surface area contributed by atoms with Crippen LogP contribution < -0.4 is 10.5 Å². The summed E-state index contributed by atoms with van der Waals surface area (Å²) < 4.78 is 7.00. The van der Waals surface area contributed by atoms with Crippen LogP contribution in [0, 0.1) is 0 Å². The molecule has 1 aromatic heterocycles. The molecule has 84 valence electrons. The largest absolute Gasteiger partial charge is 0.467 e. The van der Waals surface area contributed by atoms with Gasteiger partial charge < -0.3 is 10.5 Å². The molecule has 1 aromatic carbocycles.